The van der Waals surface area contributed by atoms with E-state index in [4.69, 9.17) is 0 Å². The van der Waals surface area contributed by atoms with Crippen molar-refractivity contribution in [3.8, 4) is 0 Å². The second kappa shape index (κ2) is 6.34. The third-order valence-corrected chi connectivity index (χ3v) is 4.19. The van der Waals surface area contributed by atoms with Gasteiger partial charge in [-0.3, -0.25) is 4.79 Å². The van der Waals surface area contributed by atoms with Crippen LogP contribution in [0.3, 0.4) is 0 Å². The molecule has 1 amide bonds. The molecule has 0 radical (unpaired) electrons. The molecule has 1 aliphatic rings. The number of aryl methyl sites for hydroxylation is 1. The Labute approximate surface area is 145 Å². The summed E-state index contributed by atoms with van der Waals surface area (Å²) in [6.07, 6.45) is -8.71. The normalized spacial score (nSPS) is 14.9. The van der Waals surface area contributed by atoms with Gasteiger partial charge >= 0.3 is 12.4 Å². The fourth-order valence-electron chi connectivity index (χ4n) is 2.98. The Morgan fingerprint density at radius 1 is 0.885 bits per heavy atom. The van der Waals surface area contributed by atoms with Gasteiger partial charge in [0, 0.05) is 17.8 Å². The molecule has 138 valence electrons. The van der Waals surface area contributed by atoms with Crippen LogP contribution >= 0.6 is 0 Å². The van der Waals surface area contributed by atoms with E-state index in [2.05, 4.69) is 0 Å². The molecular formula is C18H13F6NO. The van der Waals surface area contributed by atoms with Crippen molar-refractivity contribution in [1.29, 1.82) is 0 Å². The summed E-state index contributed by atoms with van der Waals surface area (Å²) >= 11 is 0. The minimum Gasteiger partial charge on any atom is -0.308 e. The molecule has 0 unspecified atom stereocenters. The highest BCUT2D eigenvalue weighted by molar-refractivity contribution is 6.07. The molecule has 0 aromatic heterocycles. The molecule has 2 aromatic rings. The van der Waals surface area contributed by atoms with Crippen LogP contribution in [0, 0.1) is 0 Å². The first kappa shape index (κ1) is 18.3. The predicted octanol–water partition coefficient (Wildman–Crippen LogP) is 5.32. The summed E-state index contributed by atoms with van der Waals surface area (Å²) in [5.74, 6) is -0.881. The van der Waals surface area contributed by atoms with Crippen molar-refractivity contribution in [3.63, 3.8) is 0 Å². The summed E-state index contributed by atoms with van der Waals surface area (Å²) in [7, 11) is 0. The second-order valence-corrected chi connectivity index (χ2v) is 5.98. The first-order valence-corrected chi connectivity index (χ1v) is 7.76. The molecule has 1 heterocycles. The Morgan fingerprint density at radius 3 is 2.04 bits per heavy atom. The Morgan fingerprint density at radius 2 is 1.46 bits per heavy atom. The van der Waals surface area contributed by atoms with Gasteiger partial charge in [-0.2, -0.15) is 26.3 Å². The summed E-state index contributed by atoms with van der Waals surface area (Å²) in [4.78, 5) is 13.9. The summed E-state index contributed by atoms with van der Waals surface area (Å²) in [6, 6.07) is 7.79. The SMILES string of the molecule is O=C(c1cc(C(F)(F)F)cc(C(F)(F)F)c1)N1CCCc2ccccc21. The quantitative estimate of drug-likeness (QED) is 0.620. The number of anilines is 1. The first-order chi connectivity index (χ1) is 12.1. The van der Waals surface area contributed by atoms with E-state index in [1.165, 1.54) is 4.90 Å². The number of halogens is 6. The van der Waals surface area contributed by atoms with E-state index in [0.717, 1.165) is 5.56 Å². The van der Waals surface area contributed by atoms with Crippen LogP contribution in [-0.4, -0.2) is 12.5 Å². The molecule has 2 aromatic carbocycles. The minimum absolute atomic E-state index is 0.0148. The van der Waals surface area contributed by atoms with Gasteiger partial charge in [0.25, 0.3) is 5.91 Å². The number of alkyl halides is 6. The van der Waals surface area contributed by atoms with Crippen molar-refractivity contribution in [1.82, 2.24) is 0 Å². The predicted molar refractivity (Wildman–Crippen MR) is 82.9 cm³/mol. The van der Waals surface area contributed by atoms with Gasteiger partial charge < -0.3 is 4.90 Å². The zero-order valence-corrected chi connectivity index (χ0v) is 13.3. The van der Waals surface area contributed by atoms with Crippen molar-refractivity contribution in [2.75, 3.05) is 11.4 Å². The lowest BCUT2D eigenvalue weighted by Gasteiger charge is -2.30. The highest BCUT2D eigenvalue weighted by Crippen LogP contribution is 2.37. The summed E-state index contributed by atoms with van der Waals surface area (Å²) in [5, 5.41) is 0. The summed E-state index contributed by atoms with van der Waals surface area (Å²) in [6.45, 7) is 0.230. The Kier molecular flexibility index (Phi) is 4.46. The van der Waals surface area contributed by atoms with Crippen LogP contribution in [0.1, 0.15) is 33.5 Å². The van der Waals surface area contributed by atoms with Crippen molar-refractivity contribution in [2.45, 2.75) is 25.2 Å². The van der Waals surface area contributed by atoms with Crippen LogP contribution in [0.2, 0.25) is 0 Å². The smallest absolute Gasteiger partial charge is 0.308 e. The third kappa shape index (κ3) is 3.54. The zero-order chi connectivity index (χ0) is 19.1. The number of fused-ring (bicyclic) bond motifs is 1. The zero-order valence-electron chi connectivity index (χ0n) is 13.3. The van der Waals surface area contributed by atoms with Crippen molar-refractivity contribution in [3.05, 3.63) is 64.7 Å². The van der Waals surface area contributed by atoms with Crippen LogP contribution in [0.15, 0.2) is 42.5 Å². The number of rotatable bonds is 1. The average molecular weight is 373 g/mol. The van der Waals surface area contributed by atoms with Gasteiger partial charge in [-0.05, 0) is 42.7 Å². The standard InChI is InChI=1S/C18H13F6NO/c19-17(20,21)13-8-12(9-14(10-13)18(22,23)24)16(26)25-7-3-5-11-4-1-2-6-15(11)25/h1-2,4,6,8-10H,3,5,7H2. The molecule has 0 saturated heterocycles. The maximum absolute atomic E-state index is 13.0. The van der Waals surface area contributed by atoms with Gasteiger partial charge in [0.2, 0.25) is 0 Å². The maximum Gasteiger partial charge on any atom is 0.416 e. The molecule has 0 spiro atoms. The van der Waals surface area contributed by atoms with E-state index in [0.29, 0.717) is 30.7 Å². The molecule has 0 fully saturated rings. The number of para-hydroxylation sites is 1. The van der Waals surface area contributed by atoms with E-state index in [1.807, 2.05) is 0 Å². The molecule has 0 saturated carbocycles. The number of nitrogens with zero attached hydrogens (tertiary/aromatic N) is 1. The Bertz CT molecular complexity index is 808. The molecule has 1 aliphatic heterocycles. The molecule has 26 heavy (non-hydrogen) atoms. The number of amides is 1. The van der Waals surface area contributed by atoms with E-state index in [1.54, 1.807) is 24.3 Å². The Hall–Kier alpha value is -2.51. The number of carbonyl (C=O) groups excluding carboxylic acids is 1. The van der Waals surface area contributed by atoms with Gasteiger partial charge in [-0.1, -0.05) is 18.2 Å². The molecule has 2 nitrogen and oxygen atoms in total. The third-order valence-electron chi connectivity index (χ3n) is 4.19. The van der Waals surface area contributed by atoms with Crippen molar-refractivity contribution < 1.29 is 31.1 Å². The lowest BCUT2D eigenvalue weighted by Crippen LogP contribution is -2.35. The minimum atomic E-state index is -4.99. The van der Waals surface area contributed by atoms with Crippen molar-refractivity contribution >= 4 is 11.6 Å². The monoisotopic (exact) mass is 373 g/mol. The lowest BCUT2D eigenvalue weighted by atomic mass is 9.99. The van der Waals surface area contributed by atoms with Crippen LogP contribution < -0.4 is 4.90 Å². The number of hydrogen-bond donors (Lipinski definition) is 0. The Balaban J connectivity index is 2.08. The molecule has 0 bridgehead atoms. The van der Waals surface area contributed by atoms with Gasteiger partial charge in [0.1, 0.15) is 0 Å². The van der Waals surface area contributed by atoms with E-state index >= 15 is 0 Å². The number of benzene rings is 2. The molecule has 0 N–H and O–H groups in total. The van der Waals surface area contributed by atoms with Crippen LogP contribution in [0.5, 0.6) is 0 Å². The second-order valence-electron chi connectivity index (χ2n) is 5.98. The molecule has 0 atom stereocenters. The fourth-order valence-corrected chi connectivity index (χ4v) is 2.98. The van der Waals surface area contributed by atoms with Gasteiger partial charge in [-0.25, -0.2) is 0 Å². The molecular weight excluding hydrogens is 360 g/mol. The maximum atomic E-state index is 13.0. The van der Waals surface area contributed by atoms with Crippen LogP contribution in [-0.2, 0) is 18.8 Å². The average Bonchev–Trinajstić information content (AvgIpc) is 2.58. The summed E-state index contributed by atoms with van der Waals surface area (Å²) in [5.41, 5.74) is -2.30. The number of hydrogen-bond acceptors (Lipinski definition) is 1. The van der Waals surface area contributed by atoms with E-state index < -0.39 is 35.0 Å². The molecule has 8 heteroatoms. The highest BCUT2D eigenvalue weighted by Gasteiger charge is 2.38. The fraction of sp³-hybridized carbons (Fsp3) is 0.278. The van der Waals surface area contributed by atoms with Crippen molar-refractivity contribution in [2.24, 2.45) is 0 Å². The van der Waals surface area contributed by atoms with Crippen LogP contribution in [0.25, 0.3) is 0 Å². The highest BCUT2D eigenvalue weighted by atomic mass is 19.4. The van der Waals surface area contributed by atoms with Crippen LogP contribution in [0.4, 0.5) is 32.0 Å². The first-order valence-electron chi connectivity index (χ1n) is 7.76. The van der Waals surface area contributed by atoms with Gasteiger partial charge in [-0.15, -0.1) is 0 Å². The topological polar surface area (TPSA) is 20.3 Å². The van der Waals surface area contributed by atoms with Gasteiger partial charge in [0.05, 0.1) is 11.1 Å². The van der Waals surface area contributed by atoms with E-state index in [-0.39, 0.29) is 12.6 Å². The largest absolute Gasteiger partial charge is 0.416 e. The van der Waals surface area contributed by atoms with E-state index in [9.17, 15) is 31.1 Å². The summed E-state index contributed by atoms with van der Waals surface area (Å²) < 4.78 is 77.9. The lowest BCUT2D eigenvalue weighted by molar-refractivity contribution is -0.143. The molecule has 3 rings (SSSR count). The number of carbonyl (C=O) groups is 1. The van der Waals surface area contributed by atoms with Gasteiger partial charge in [0.15, 0.2) is 0 Å². The molecule has 0 aliphatic carbocycles.